The van der Waals surface area contributed by atoms with Gasteiger partial charge in [0.15, 0.2) is 0 Å². The predicted molar refractivity (Wildman–Crippen MR) is 138 cm³/mol. The summed E-state index contributed by atoms with van der Waals surface area (Å²) in [7, 11) is -2.50. The third-order valence-electron chi connectivity index (χ3n) is 6.17. The van der Waals surface area contributed by atoms with E-state index in [4.69, 9.17) is 9.16 Å². The van der Waals surface area contributed by atoms with E-state index in [1.807, 2.05) is 25.7 Å². The Morgan fingerprint density at radius 3 is 1.73 bits per heavy atom. The van der Waals surface area contributed by atoms with Gasteiger partial charge < -0.3 is 14.1 Å². The van der Waals surface area contributed by atoms with E-state index < -0.39 is 13.9 Å². The SMILES string of the molecule is CC(C)(C)OC(=O)N1CCN(CCO[Si](c2ccccc2)(c2ccccc2)C(C)(C)C)CC1. The van der Waals surface area contributed by atoms with Crippen molar-refractivity contribution < 1.29 is 14.0 Å². The first kappa shape index (κ1) is 25.5. The first-order valence-corrected chi connectivity index (χ1v) is 13.9. The Kier molecular flexibility index (Phi) is 8.03. The zero-order valence-electron chi connectivity index (χ0n) is 21.1. The van der Waals surface area contributed by atoms with Crippen LogP contribution in [0.5, 0.6) is 0 Å². The molecule has 0 unspecified atom stereocenters. The monoisotopic (exact) mass is 468 g/mol. The van der Waals surface area contributed by atoms with Gasteiger partial charge in [0.05, 0.1) is 0 Å². The van der Waals surface area contributed by atoms with Crippen LogP contribution in [-0.2, 0) is 9.16 Å². The number of piperazine rings is 1. The van der Waals surface area contributed by atoms with Gasteiger partial charge in [-0.1, -0.05) is 81.4 Å². The maximum Gasteiger partial charge on any atom is 0.410 e. The summed E-state index contributed by atoms with van der Waals surface area (Å²) >= 11 is 0. The Hall–Kier alpha value is -2.15. The molecule has 0 aliphatic carbocycles. The van der Waals surface area contributed by atoms with Crippen molar-refractivity contribution in [2.24, 2.45) is 0 Å². The van der Waals surface area contributed by atoms with E-state index >= 15 is 0 Å². The standard InChI is InChI=1S/C27H40N2O3Si/c1-26(2,3)32-25(30)29-19-17-28(18-20-29)21-22-31-33(27(4,5)6,23-13-9-7-10-14-23)24-15-11-8-12-16-24/h7-16H,17-22H2,1-6H3. The quantitative estimate of drug-likeness (QED) is 0.598. The van der Waals surface area contributed by atoms with Gasteiger partial charge in [-0.05, 0) is 36.2 Å². The lowest BCUT2D eigenvalue weighted by atomic mass is 10.2. The summed E-state index contributed by atoms with van der Waals surface area (Å²) in [6, 6.07) is 21.5. The minimum absolute atomic E-state index is 0.0227. The molecule has 0 radical (unpaired) electrons. The molecule has 2 aromatic carbocycles. The lowest BCUT2D eigenvalue weighted by molar-refractivity contribution is 0.0136. The van der Waals surface area contributed by atoms with Crippen LogP contribution >= 0.6 is 0 Å². The molecule has 33 heavy (non-hydrogen) atoms. The van der Waals surface area contributed by atoms with Gasteiger partial charge in [0, 0.05) is 39.3 Å². The van der Waals surface area contributed by atoms with Crippen molar-refractivity contribution in [1.29, 1.82) is 0 Å². The van der Waals surface area contributed by atoms with Crippen molar-refractivity contribution in [3.05, 3.63) is 60.7 Å². The van der Waals surface area contributed by atoms with Gasteiger partial charge in [0.1, 0.15) is 5.60 Å². The van der Waals surface area contributed by atoms with Crippen LogP contribution in [-0.4, -0.2) is 69.1 Å². The normalized spacial score (nSPS) is 16.0. The molecule has 0 bridgehead atoms. The Morgan fingerprint density at radius 1 is 0.818 bits per heavy atom. The van der Waals surface area contributed by atoms with Gasteiger partial charge in [0.25, 0.3) is 8.32 Å². The van der Waals surface area contributed by atoms with Crippen LogP contribution in [0.4, 0.5) is 4.79 Å². The van der Waals surface area contributed by atoms with Gasteiger partial charge in [-0.2, -0.15) is 0 Å². The van der Waals surface area contributed by atoms with E-state index in [0.717, 1.165) is 19.6 Å². The molecule has 5 nitrogen and oxygen atoms in total. The number of carbonyl (C=O) groups excluding carboxylic acids is 1. The summed E-state index contributed by atoms with van der Waals surface area (Å²) < 4.78 is 12.5. The van der Waals surface area contributed by atoms with Gasteiger partial charge in [-0.25, -0.2) is 4.79 Å². The summed E-state index contributed by atoms with van der Waals surface area (Å²) in [4.78, 5) is 16.6. The molecule has 1 fully saturated rings. The second-order valence-corrected chi connectivity index (χ2v) is 15.1. The molecule has 0 atom stereocenters. The van der Waals surface area contributed by atoms with Crippen molar-refractivity contribution >= 4 is 24.8 Å². The number of benzene rings is 2. The molecule has 2 aromatic rings. The maximum atomic E-state index is 12.4. The number of ether oxygens (including phenoxy) is 1. The molecule has 1 aliphatic rings. The smallest absolute Gasteiger partial charge is 0.410 e. The van der Waals surface area contributed by atoms with Crippen LogP contribution in [0, 0.1) is 0 Å². The highest BCUT2D eigenvalue weighted by Gasteiger charge is 2.50. The largest absolute Gasteiger partial charge is 0.444 e. The van der Waals surface area contributed by atoms with Crippen LogP contribution in [0.25, 0.3) is 0 Å². The lowest BCUT2D eigenvalue weighted by Crippen LogP contribution is -2.67. The lowest BCUT2D eigenvalue weighted by Gasteiger charge is -2.43. The molecule has 180 valence electrons. The van der Waals surface area contributed by atoms with Crippen molar-refractivity contribution in [2.75, 3.05) is 39.3 Å². The van der Waals surface area contributed by atoms with E-state index in [9.17, 15) is 4.79 Å². The first-order chi connectivity index (χ1) is 15.5. The second kappa shape index (κ2) is 10.4. The molecule has 0 saturated carbocycles. The molecular formula is C27H40N2O3Si. The molecule has 0 N–H and O–H groups in total. The highest BCUT2D eigenvalue weighted by molar-refractivity contribution is 6.99. The van der Waals surface area contributed by atoms with Gasteiger partial charge in [0.2, 0.25) is 0 Å². The number of amides is 1. The zero-order chi connectivity index (χ0) is 24.1. The van der Waals surface area contributed by atoms with Crippen molar-refractivity contribution in [2.45, 2.75) is 52.2 Å². The van der Waals surface area contributed by atoms with E-state index in [1.165, 1.54) is 10.4 Å². The molecule has 6 heteroatoms. The van der Waals surface area contributed by atoms with E-state index in [1.54, 1.807) is 0 Å². The Bertz CT molecular complexity index is 844. The second-order valence-electron chi connectivity index (χ2n) is 10.8. The maximum absolute atomic E-state index is 12.4. The fraction of sp³-hybridized carbons (Fsp3) is 0.519. The molecule has 0 spiro atoms. The van der Waals surface area contributed by atoms with Gasteiger partial charge in [-0.3, -0.25) is 4.90 Å². The molecule has 1 heterocycles. The van der Waals surface area contributed by atoms with E-state index in [-0.39, 0.29) is 11.1 Å². The Labute approximate surface area is 200 Å². The van der Waals surface area contributed by atoms with Crippen LogP contribution in [0.2, 0.25) is 5.04 Å². The number of hydrogen-bond acceptors (Lipinski definition) is 4. The average Bonchev–Trinajstić information content (AvgIpc) is 2.76. The molecule has 0 aromatic heterocycles. The topological polar surface area (TPSA) is 42.0 Å². The molecule has 1 amide bonds. The zero-order valence-corrected chi connectivity index (χ0v) is 22.1. The number of hydrogen-bond donors (Lipinski definition) is 0. The van der Waals surface area contributed by atoms with Crippen molar-refractivity contribution in [3.63, 3.8) is 0 Å². The summed E-state index contributed by atoms with van der Waals surface area (Å²) in [6.07, 6.45) is -0.217. The first-order valence-electron chi connectivity index (χ1n) is 12.0. The van der Waals surface area contributed by atoms with Crippen molar-refractivity contribution in [3.8, 4) is 0 Å². The third-order valence-corrected chi connectivity index (χ3v) is 11.2. The number of rotatable bonds is 6. The Morgan fingerprint density at radius 2 is 1.30 bits per heavy atom. The molecule has 3 rings (SSSR count). The minimum Gasteiger partial charge on any atom is -0.444 e. The summed E-state index contributed by atoms with van der Waals surface area (Å²) in [5, 5.41) is 2.59. The van der Waals surface area contributed by atoms with Gasteiger partial charge >= 0.3 is 6.09 Å². The summed E-state index contributed by atoms with van der Waals surface area (Å²) in [6.45, 7) is 17.2. The minimum atomic E-state index is -2.50. The van der Waals surface area contributed by atoms with E-state index in [2.05, 4.69) is 86.3 Å². The van der Waals surface area contributed by atoms with Crippen molar-refractivity contribution in [1.82, 2.24) is 9.80 Å². The van der Waals surface area contributed by atoms with Crippen LogP contribution < -0.4 is 10.4 Å². The molecule has 1 aliphatic heterocycles. The summed E-state index contributed by atoms with van der Waals surface area (Å²) in [5.74, 6) is 0. The summed E-state index contributed by atoms with van der Waals surface area (Å²) in [5.41, 5.74) is -0.460. The third kappa shape index (κ3) is 6.25. The molecular weight excluding hydrogens is 428 g/mol. The molecule has 1 saturated heterocycles. The highest BCUT2D eigenvalue weighted by Crippen LogP contribution is 2.36. The van der Waals surface area contributed by atoms with Crippen LogP contribution in [0.3, 0.4) is 0 Å². The van der Waals surface area contributed by atoms with Crippen LogP contribution in [0.1, 0.15) is 41.5 Å². The van der Waals surface area contributed by atoms with Crippen LogP contribution in [0.15, 0.2) is 60.7 Å². The predicted octanol–water partition coefficient (Wildman–Crippen LogP) is 4.12. The fourth-order valence-corrected chi connectivity index (χ4v) is 9.12. The number of carbonyl (C=O) groups is 1. The highest BCUT2D eigenvalue weighted by atomic mass is 28.4. The average molecular weight is 469 g/mol. The fourth-order valence-electron chi connectivity index (χ4n) is 4.57. The number of nitrogens with zero attached hydrogens (tertiary/aromatic N) is 2. The van der Waals surface area contributed by atoms with Gasteiger partial charge in [-0.15, -0.1) is 0 Å². The van der Waals surface area contributed by atoms with E-state index in [0.29, 0.717) is 19.7 Å². The Balaban J connectivity index is 1.69.